The maximum absolute atomic E-state index is 12.0. The molecule has 4 nitrogen and oxygen atoms in total. The third-order valence-electron chi connectivity index (χ3n) is 3.56. The van der Waals surface area contributed by atoms with Gasteiger partial charge in [0.05, 0.1) is 0 Å². The van der Waals surface area contributed by atoms with Crippen molar-refractivity contribution in [3.05, 3.63) is 28.2 Å². The van der Waals surface area contributed by atoms with Crippen LogP contribution in [0.3, 0.4) is 0 Å². The monoisotopic (exact) mass is 278 g/mol. The number of carbonyl (C=O) groups is 1. The molecule has 0 bridgehead atoms. The molecule has 1 unspecified atom stereocenters. The Labute approximate surface area is 121 Å². The first kappa shape index (κ1) is 16.6. The smallest absolute Gasteiger partial charge is 0.224 e. The van der Waals surface area contributed by atoms with Crippen LogP contribution in [0.1, 0.15) is 59.3 Å². The van der Waals surface area contributed by atoms with Crippen LogP contribution in [0.4, 0.5) is 0 Å². The molecule has 1 amide bonds. The van der Waals surface area contributed by atoms with Crippen molar-refractivity contribution in [1.82, 2.24) is 4.90 Å². The number of rotatable bonds is 6. The van der Waals surface area contributed by atoms with Gasteiger partial charge in [-0.15, -0.1) is 4.91 Å². The van der Waals surface area contributed by atoms with Crippen LogP contribution in [0.5, 0.6) is 0 Å². The third kappa shape index (κ3) is 5.68. The second-order valence-electron chi connectivity index (χ2n) is 5.75. The lowest BCUT2D eigenvalue weighted by Crippen LogP contribution is -2.37. The topological polar surface area (TPSA) is 49.7 Å². The largest absolute Gasteiger partial charge is 0.314 e. The fourth-order valence-electron chi connectivity index (χ4n) is 2.39. The van der Waals surface area contributed by atoms with Crippen molar-refractivity contribution in [3.8, 4) is 0 Å². The molecule has 0 saturated carbocycles. The highest BCUT2D eigenvalue weighted by Gasteiger charge is 2.24. The van der Waals surface area contributed by atoms with Gasteiger partial charge in [0, 0.05) is 13.0 Å². The summed E-state index contributed by atoms with van der Waals surface area (Å²) in [7, 11) is 0. The number of likely N-dealkylation sites (tertiary alicyclic amines) is 1. The summed E-state index contributed by atoms with van der Waals surface area (Å²) in [4.78, 5) is 24.7. The zero-order valence-electron chi connectivity index (χ0n) is 12.9. The lowest BCUT2D eigenvalue weighted by atomic mass is 10.1. The Morgan fingerprint density at radius 2 is 2.05 bits per heavy atom. The Bertz CT molecular complexity index is 395. The highest BCUT2D eigenvalue weighted by Crippen LogP contribution is 2.17. The van der Waals surface area contributed by atoms with E-state index in [-0.39, 0.29) is 5.91 Å². The van der Waals surface area contributed by atoms with E-state index in [1.807, 2.05) is 13.0 Å². The van der Waals surface area contributed by atoms with E-state index in [1.165, 1.54) is 5.57 Å². The number of allylic oxidation sites excluding steroid dienone is 3. The minimum absolute atomic E-state index is 0.0560. The van der Waals surface area contributed by atoms with E-state index < -0.39 is 6.17 Å². The van der Waals surface area contributed by atoms with Gasteiger partial charge in [0.25, 0.3) is 0 Å². The van der Waals surface area contributed by atoms with Crippen LogP contribution in [0, 0.1) is 4.91 Å². The van der Waals surface area contributed by atoms with E-state index in [1.54, 1.807) is 4.90 Å². The molecule has 0 aromatic rings. The zero-order valence-corrected chi connectivity index (χ0v) is 12.9. The van der Waals surface area contributed by atoms with Crippen molar-refractivity contribution in [2.24, 2.45) is 5.18 Å². The van der Waals surface area contributed by atoms with Gasteiger partial charge in [-0.05, 0) is 57.7 Å². The van der Waals surface area contributed by atoms with E-state index in [4.69, 9.17) is 0 Å². The van der Waals surface area contributed by atoms with Crippen LogP contribution in [-0.4, -0.2) is 23.5 Å². The summed E-state index contributed by atoms with van der Waals surface area (Å²) in [6.07, 6.45) is 8.73. The fourth-order valence-corrected chi connectivity index (χ4v) is 2.39. The first-order valence-corrected chi connectivity index (χ1v) is 7.47. The van der Waals surface area contributed by atoms with Gasteiger partial charge in [0.1, 0.15) is 0 Å². The molecule has 20 heavy (non-hydrogen) atoms. The summed E-state index contributed by atoms with van der Waals surface area (Å²) in [5.41, 5.74) is 2.41. The molecule has 112 valence electrons. The van der Waals surface area contributed by atoms with Gasteiger partial charge in [0.2, 0.25) is 5.91 Å². The van der Waals surface area contributed by atoms with Gasteiger partial charge >= 0.3 is 0 Å². The molecule has 1 rings (SSSR count). The van der Waals surface area contributed by atoms with Crippen molar-refractivity contribution < 1.29 is 4.79 Å². The number of hydrogen-bond acceptors (Lipinski definition) is 3. The maximum atomic E-state index is 12.0. The molecular formula is C16H26N2O2. The average molecular weight is 278 g/mol. The van der Waals surface area contributed by atoms with Crippen LogP contribution in [0.2, 0.25) is 0 Å². The summed E-state index contributed by atoms with van der Waals surface area (Å²) >= 11 is 0. The first-order chi connectivity index (χ1) is 9.54. The molecular weight excluding hydrogens is 252 g/mol. The van der Waals surface area contributed by atoms with Crippen molar-refractivity contribution in [1.29, 1.82) is 0 Å². The fraction of sp³-hybridized carbons (Fsp3) is 0.688. The third-order valence-corrected chi connectivity index (χ3v) is 3.56. The van der Waals surface area contributed by atoms with E-state index in [0.717, 1.165) is 37.7 Å². The second-order valence-corrected chi connectivity index (χ2v) is 5.75. The molecule has 4 heteroatoms. The lowest BCUT2D eigenvalue weighted by molar-refractivity contribution is -0.131. The SMILES string of the molecule is CC(C)=CCC/C(C)=C/C(N=O)N1CCCCCC1=O. The summed E-state index contributed by atoms with van der Waals surface area (Å²) in [6.45, 7) is 6.79. The number of amides is 1. The first-order valence-electron chi connectivity index (χ1n) is 7.47. The Kier molecular flexibility index (Phi) is 7.20. The van der Waals surface area contributed by atoms with Gasteiger partial charge in [-0.3, -0.25) is 4.79 Å². The molecule has 0 N–H and O–H groups in total. The van der Waals surface area contributed by atoms with Crippen molar-refractivity contribution in [3.63, 3.8) is 0 Å². The number of nitroso groups, excluding NO2 is 1. The second kappa shape index (κ2) is 8.67. The Morgan fingerprint density at radius 3 is 2.70 bits per heavy atom. The highest BCUT2D eigenvalue weighted by molar-refractivity contribution is 5.77. The highest BCUT2D eigenvalue weighted by atomic mass is 16.3. The van der Waals surface area contributed by atoms with Gasteiger partial charge in [0.15, 0.2) is 6.17 Å². The molecule has 0 aromatic carbocycles. The summed E-state index contributed by atoms with van der Waals surface area (Å²) in [5, 5.41) is 3.15. The molecule has 1 atom stereocenters. The molecule has 1 fully saturated rings. The zero-order chi connectivity index (χ0) is 15.0. The molecule has 0 spiro atoms. The molecule has 0 radical (unpaired) electrons. The molecule has 1 heterocycles. The van der Waals surface area contributed by atoms with Gasteiger partial charge in [-0.25, -0.2) is 0 Å². The van der Waals surface area contributed by atoms with Crippen LogP contribution < -0.4 is 0 Å². The van der Waals surface area contributed by atoms with E-state index in [9.17, 15) is 9.70 Å². The van der Waals surface area contributed by atoms with Crippen LogP contribution in [0.15, 0.2) is 28.5 Å². The summed E-state index contributed by atoms with van der Waals surface area (Å²) in [6, 6.07) is 0. The Balaban J connectivity index is 2.66. The van der Waals surface area contributed by atoms with E-state index >= 15 is 0 Å². The minimum atomic E-state index is -0.632. The lowest BCUT2D eigenvalue weighted by Gasteiger charge is -2.23. The van der Waals surface area contributed by atoms with Crippen molar-refractivity contribution in [2.45, 2.75) is 65.5 Å². The summed E-state index contributed by atoms with van der Waals surface area (Å²) < 4.78 is 0. The normalized spacial score (nSPS) is 18.4. The Morgan fingerprint density at radius 1 is 1.30 bits per heavy atom. The molecule has 1 aliphatic rings. The number of carbonyl (C=O) groups excluding carboxylic acids is 1. The van der Waals surface area contributed by atoms with E-state index in [0.29, 0.717) is 13.0 Å². The van der Waals surface area contributed by atoms with E-state index in [2.05, 4.69) is 25.1 Å². The molecule has 1 saturated heterocycles. The van der Waals surface area contributed by atoms with Gasteiger partial charge in [-0.1, -0.05) is 23.6 Å². The number of nitrogens with zero attached hydrogens (tertiary/aromatic N) is 2. The summed E-state index contributed by atoms with van der Waals surface area (Å²) in [5.74, 6) is 0.0560. The van der Waals surface area contributed by atoms with Crippen molar-refractivity contribution >= 4 is 5.91 Å². The predicted molar refractivity (Wildman–Crippen MR) is 82.2 cm³/mol. The van der Waals surface area contributed by atoms with Crippen molar-refractivity contribution in [2.75, 3.05) is 6.54 Å². The van der Waals surface area contributed by atoms with Crippen LogP contribution in [-0.2, 0) is 4.79 Å². The Hall–Kier alpha value is -1.45. The maximum Gasteiger partial charge on any atom is 0.224 e. The number of hydrogen-bond donors (Lipinski definition) is 0. The quantitative estimate of drug-likeness (QED) is 0.540. The molecule has 0 aromatic heterocycles. The van der Waals surface area contributed by atoms with Crippen LogP contribution >= 0.6 is 0 Å². The minimum Gasteiger partial charge on any atom is -0.314 e. The predicted octanol–water partition coefficient (Wildman–Crippen LogP) is 4.17. The average Bonchev–Trinajstić information content (AvgIpc) is 2.60. The van der Waals surface area contributed by atoms with Gasteiger partial charge < -0.3 is 4.90 Å². The standard InChI is InChI=1S/C16H26N2O2/c1-13(2)8-7-9-14(3)12-15(17-20)18-11-6-4-5-10-16(18)19/h8,12,15H,4-7,9-11H2,1-3H3/b14-12+. The molecule has 1 aliphatic heterocycles. The van der Waals surface area contributed by atoms with Crippen LogP contribution in [0.25, 0.3) is 0 Å². The van der Waals surface area contributed by atoms with Gasteiger partial charge in [-0.2, -0.15) is 0 Å². The molecule has 0 aliphatic carbocycles.